The van der Waals surface area contributed by atoms with Crippen molar-refractivity contribution in [3.63, 3.8) is 0 Å². The van der Waals surface area contributed by atoms with Crippen LogP contribution < -0.4 is 4.74 Å². The summed E-state index contributed by atoms with van der Waals surface area (Å²) in [6, 6.07) is 3.06. The van der Waals surface area contributed by atoms with Gasteiger partial charge in [0, 0.05) is 12.5 Å². The first-order valence-electron chi connectivity index (χ1n) is 5.18. The lowest BCUT2D eigenvalue weighted by atomic mass is 10.3. The van der Waals surface area contributed by atoms with Crippen LogP contribution in [0.2, 0.25) is 15.1 Å². The fraction of sp³-hybridized carbons (Fsp3) is 0.273. The number of nitrogens with zero attached hydrogens (tertiary/aromatic N) is 2. The van der Waals surface area contributed by atoms with Gasteiger partial charge in [-0.3, -0.25) is 0 Å². The maximum atomic E-state index is 5.97. The number of aryl methyl sites for hydroxylation is 1. The van der Waals surface area contributed by atoms with Crippen LogP contribution in [-0.4, -0.2) is 10.2 Å². The summed E-state index contributed by atoms with van der Waals surface area (Å²) in [7, 11) is 0. The Morgan fingerprint density at radius 2 is 1.72 bits per heavy atom. The Kier molecular flexibility index (Phi) is 4.32. The number of hydrogen-bond donors (Lipinski definition) is 0. The van der Waals surface area contributed by atoms with Crippen LogP contribution >= 0.6 is 34.8 Å². The van der Waals surface area contributed by atoms with E-state index < -0.39 is 0 Å². The van der Waals surface area contributed by atoms with Gasteiger partial charge in [-0.05, 0) is 6.07 Å². The summed E-state index contributed by atoms with van der Waals surface area (Å²) in [5, 5.41) is 8.77. The highest BCUT2D eigenvalue weighted by molar-refractivity contribution is 6.43. The molecule has 0 saturated carbocycles. The highest BCUT2D eigenvalue weighted by atomic mass is 35.5. The van der Waals surface area contributed by atoms with Gasteiger partial charge < -0.3 is 9.15 Å². The Morgan fingerprint density at radius 3 is 2.39 bits per heavy atom. The van der Waals surface area contributed by atoms with Crippen LogP contribution in [-0.2, 0) is 13.0 Å². The number of rotatable bonds is 4. The van der Waals surface area contributed by atoms with Crippen molar-refractivity contribution >= 4 is 34.8 Å². The summed E-state index contributed by atoms with van der Waals surface area (Å²) < 4.78 is 10.7. The largest absolute Gasteiger partial charge is 0.482 e. The molecule has 0 aliphatic rings. The van der Waals surface area contributed by atoms with Crippen molar-refractivity contribution in [2.24, 2.45) is 0 Å². The average Bonchev–Trinajstić information content (AvgIpc) is 2.80. The zero-order valence-corrected chi connectivity index (χ0v) is 11.7. The smallest absolute Gasteiger partial charge is 0.253 e. The SMILES string of the molecule is CCc1nnc(COc2cc(Cl)c(Cl)cc2Cl)o1. The average molecular weight is 308 g/mol. The van der Waals surface area contributed by atoms with Gasteiger partial charge in [-0.25, -0.2) is 0 Å². The summed E-state index contributed by atoms with van der Waals surface area (Å²) in [6.07, 6.45) is 0.681. The van der Waals surface area contributed by atoms with Crippen molar-refractivity contribution in [1.82, 2.24) is 10.2 Å². The molecule has 2 rings (SSSR count). The topological polar surface area (TPSA) is 48.2 Å². The van der Waals surface area contributed by atoms with E-state index in [2.05, 4.69) is 10.2 Å². The third-order valence-electron chi connectivity index (χ3n) is 2.14. The normalized spacial score (nSPS) is 10.7. The molecule has 0 fully saturated rings. The van der Waals surface area contributed by atoms with Gasteiger partial charge >= 0.3 is 0 Å². The lowest BCUT2D eigenvalue weighted by Crippen LogP contribution is -1.96. The molecule has 0 aliphatic carbocycles. The highest BCUT2D eigenvalue weighted by Crippen LogP contribution is 2.34. The summed E-state index contributed by atoms with van der Waals surface area (Å²) in [4.78, 5) is 0. The van der Waals surface area contributed by atoms with Gasteiger partial charge in [0.05, 0.1) is 15.1 Å². The molecule has 0 radical (unpaired) electrons. The molecule has 0 unspecified atom stereocenters. The van der Waals surface area contributed by atoms with Crippen LogP contribution in [0.15, 0.2) is 16.5 Å². The third-order valence-corrected chi connectivity index (χ3v) is 3.15. The standard InChI is InChI=1S/C11H9Cl3N2O2/c1-2-10-15-16-11(18-10)5-17-9-4-7(13)6(12)3-8(9)14/h3-4H,2,5H2,1H3. The van der Waals surface area contributed by atoms with Crippen LogP contribution in [0.5, 0.6) is 5.75 Å². The lowest BCUT2D eigenvalue weighted by Gasteiger charge is -2.07. The Balaban J connectivity index is 2.08. The second-order valence-electron chi connectivity index (χ2n) is 3.43. The predicted molar refractivity (Wildman–Crippen MR) is 69.5 cm³/mol. The summed E-state index contributed by atoms with van der Waals surface area (Å²) in [6.45, 7) is 2.05. The minimum absolute atomic E-state index is 0.130. The molecule has 0 spiro atoms. The van der Waals surface area contributed by atoms with E-state index in [-0.39, 0.29) is 6.61 Å². The van der Waals surface area contributed by atoms with Crippen LogP contribution in [0.4, 0.5) is 0 Å². The second kappa shape index (κ2) is 5.78. The number of hydrogen-bond acceptors (Lipinski definition) is 4. The molecule has 0 bridgehead atoms. The first-order chi connectivity index (χ1) is 8.60. The van der Waals surface area contributed by atoms with Crippen LogP contribution in [0.3, 0.4) is 0 Å². The zero-order valence-electron chi connectivity index (χ0n) is 9.41. The predicted octanol–water partition coefficient (Wildman–Crippen LogP) is 4.17. The second-order valence-corrected chi connectivity index (χ2v) is 4.65. The van der Waals surface area contributed by atoms with Gasteiger partial charge in [-0.2, -0.15) is 0 Å². The fourth-order valence-electron chi connectivity index (χ4n) is 1.24. The summed E-state index contributed by atoms with van der Waals surface area (Å²) >= 11 is 17.7. The van der Waals surface area contributed by atoms with Gasteiger partial charge in [0.15, 0.2) is 6.61 Å². The molecule has 0 amide bonds. The maximum Gasteiger partial charge on any atom is 0.253 e. The summed E-state index contributed by atoms with van der Waals surface area (Å²) in [5.74, 6) is 1.37. The van der Waals surface area contributed by atoms with Crippen LogP contribution in [0.25, 0.3) is 0 Å². The Morgan fingerprint density at radius 1 is 1.06 bits per heavy atom. The third kappa shape index (κ3) is 3.07. The molecular formula is C11H9Cl3N2O2. The molecule has 0 atom stereocenters. The molecule has 18 heavy (non-hydrogen) atoms. The molecule has 0 aliphatic heterocycles. The van der Waals surface area contributed by atoms with E-state index in [0.29, 0.717) is 39.0 Å². The van der Waals surface area contributed by atoms with E-state index in [0.717, 1.165) is 0 Å². The Labute approximate surface area is 119 Å². The Hall–Kier alpha value is -0.970. The zero-order chi connectivity index (χ0) is 13.1. The minimum Gasteiger partial charge on any atom is -0.482 e. The van der Waals surface area contributed by atoms with Crippen LogP contribution in [0.1, 0.15) is 18.7 Å². The maximum absolute atomic E-state index is 5.97. The van der Waals surface area contributed by atoms with E-state index in [9.17, 15) is 0 Å². The van der Waals surface area contributed by atoms with Gasteiger partial charge in [0.25, 0.3) is 5.89 Å². The quantitative estimate of drug-likeness (QED) is 0.795. The molecule has 0 N–H and O–H groups in total. The number of ether oxygens (including phenoxy) is 1. The van der Waals surface area contributed by atoms with Gasteiger partial charge in [0.1, 0.15) is 5.75 Å². The van der Waals surface area contributed by atoms with Gasteiger partial charge in [-0.1, -0.05) is 41.7 Å². The molecule has 0 saturated heterocycles. The first kappa shape index (κ1) is 13.5. The van der Waals surface area contributed by atoms with Crippen molar-refractivity contribution < 1.29 is 9.15 Å². The first-order valence-corrected chi connectivity index (χ1v) is 6.32. The molecule has 96 valence electrons. The van der Waals surface area contributed by atoms with E-state index in [1.807, 2.05) is 6.92 Å². The van der Waals surface area contributed by atoms with Crippen molar-refractivity contribution in [3.8, 4) is 5.75 Å². The molecule has 1 aromatic heterocycles. The molecule has 2 aromatic rings. The number of benzene rings is 1. The summed E-state index contributed by atoms with van der Waals surface area (Å²) in [5.41, 5.74) is 0. The van der Waals surface area contributed by atoms with Crippen molar-refractivity contribution in [2.75, 3.05) is 0 Å². The molecule has 1 aromatic carbocycles. The molecule has 4 nitrogen and oxygen atoms in total. The van der Waals surface area contributed by atoms with E-state index in [4.69, 9.17) is 44.0 Å². The number of aromatic nitrogens is 2. The van der Waals surface area contributed by atoms with Gasteiger partial charge in [-0.15, -0.1) is 10.2 Å². The van der Waals surface area contributed by atoms with Gasteiger partial charge in [0.2, 0.25) is 5.89 Å². The monoisotopic (exact) mass is 306 g/mol. The van der Waals surface area contributed by atoms with E-state index in [1.165, 1.54) is 6.07 Å². The van der Waals surface area contributed by atoms with Crippen molar-refractivity contribution in [1.29, 1.82) is 0 Å². The van der Waals surface area contributed by atoms with E-state index in [1.54, 1.807) is 6.07 Å². The minimum atomic E-state index is 0.130. The van der Waals surface area contributed by atoms with Crippen molar-refractivity contribution in [2.45, 2.75) is 20.0 Å². The Bertz CT molecular complexity index is 557. The molecule has 1 heterocycles. The van der Waals surface area contributed by atoms with E-state index >= 15 is 0 Å². The number of halogens is 3. The van der Waals surface area contributed by atoms with Crippen LogP contribution in [0, 0.1) is 0 Å². The van der Waals surface area contributed by atoms with Crippen molar-refractivity contribution in [3.05, 3.63) is 39.0 Å². The molecule has 7 heteroatoms. The highest BCUT2D eigenvalue weighted by Gasteiger charge is 2.10. The lowest BCUT2D eigenvalue weighted by molar-refractivity contribution is 0.259. The fourth-order valence-corrected chi connectivity index (χ4v) is 1.84. The molecular weight excluding hydrogens is 298 g/mol.